The first-order chi connectivity index (χ1) is 14.2. The Kier molecular flexibility index (Phi) is 5.82. The van der Waals surface area contributed by atoms with Crippen molar-refractivity contribution in [2.24, 2.45) is 17.8 Å². The lowest BCUT2D eigenvalue weighted by molar-refractivity contribution is 0.242. The second kappa shape index (κ2) is 8.23. The number of aromatic nitrogens is 1. The van der Waals surface area contributed by atoms with Crippen LogP contribution < -0.4 is 4.72 Å². The van der Waals surface area contributed by atoms with Gasteiger partial charge < -0.3 is 0 Å². The second-order valence-corrected chi connectivity index (χ2v) is 10.8. The van der Waals surface area contributed by atoms with Gasteiger partial charge in [0.15, 0.2) is 0 Å². The number of halogens is 1. The zero-order valence-electron chi connectivity index (χ0n) is 17.5. The number of benzene rings is 1. The summed E-state index contributed by atoms with van der Waals surface area (Å²) in [5.41, 5.74) is 2.01. The smallest absolute Gasteiger partial charge is 0.209 e. The quantitative estimate of drug-likeness (QED) is 0.726. The van der Waals surface area contributed by atoms with Gasteiger partial charge in [0.25, 0.3) is 0 Å². The highest BCUT2D eigenvalue weighted by Gasteiger charge is 2.50. The predicted molar refractivity (Wildman–Crippen MR) is 119 cm³/mol. The van der Waals surface area contributed by atoms with Crippen LogP contribution in [0.1, 0.15) is 44.7 Å². The van der Waals surface area contributed by atoms with Crippen molar-refractivity contribution in [2.45, 2.75) is 44.6 Å². The van der Waals surface area contributed by atoms with Gasteiger partial charge in [0.1, 0.15) is 5.82 Å². The normalized spacial score (nSPS) is 29.2. The van der Waals surface area contributed by atoms with Crippen molar-refractivity contribution >= 4 is 16.1 Å². The van der Waals surface area contributed by atoms with Crippen molar-refractivity contribution in [2.75, 3.05) is 6.26 Å². The van der Waals surface area contributed by atoms with E-state index >= 15 is 0 Å². The van der Waals surface area contributed by atoms with Crippen molar-refractivity contribution in [3.8, 4) is 11.1 Å². The minimum Gasteiger partial charge on any atom is -0.256 e. The summed E-state index contributed by atoms with van der Waals surface area (Å²) < 4.78 is 40.5. The standard InChI is InChI=1S/C24H29FN2O2S/c1-24(27-30(2,28)29)15-18-6-3-4-9-22(18)23(24)13-12-21-11-10-19(16-26-21)17-7-5-8-20(25)14-17/h5,7-8,10-14,16,18,22-23,27H,3-4,6,9,15H2,1-2H3/b13-12+/t18-,22-,23+,24+/m1/s1. The number of hydrogen-bond donors (Lipinski definition) is 1. The summed E-state index contributed by atoms with van der Waals surface area (Å²) in [5.74, 6) is 0.941. The molecule has 2 fully saturated rings. The van der Waals surface area contributed by atoms with Crippen LogP contribution in [0.15, 0.2) is 48.7 Å². The van der Waals surface area contributed by atoms with Gasteiger partial charge >= 0.3 is 0 Å². The highest BCUT2D eigenvalue weighted by molar-refractivity contribution is 7.88. The van der Waals surface area contributed by atoms with Crippen molar-refractivity contribution in [3.63, 3.8) is 0 Å². The van der Waals surface area contributed by atoms with Crippen LogP contribution in [0.3, 0.4) is 0 Å². The molecule has 0 bridgehead atoms. The predicted octanol–water partition coefficient (Wildman–Crippen LogP) is 5.04. The van der Waals surface area contributed by atoms with Crippen molar-refractivity contribution in [3.05, 3.63) is 60.2 Å². The van der Waals surface area contributed by atoms with Crippen LogP contribution in [0.25, 0.3) is 17.2 Å². The highest BCUT2D eigenvalue weighted by Crippen LogP contribution is 2.51. The van der Waals surface area contributed by atoms with Crippen LogP contribution >= 0.6 is 0 Å². The summed E-state index contributed by atoms with van der Waals surface area (Å²) >= 11 is 0. The van der Waals surface area contributed by atoms with Crippen molar-refractivity contribution in [1.82, 2.24) is 9.71 Å². The molecule has 1 N–H and O–H groups in total. The Bertz CT molecular complexity index is 1040. The molecule has 0 amide bonds. The summed E-state index contributed by atoms with van der Waals surface area (Å²) in [5, 5.41) is 0. The average molecular weight is 429 g/mol. The lowest BCUT2D eigenvalue weighted by atomic mass is 9.76. The Morgan fingerprint density at radius 2 is 1.97 bits per heavy atom. The van der Waals surface area contributed by atoms with Gasteiger partial charge in [-0.2, -0.15) is 0 Å². The van der Waals surface area contributed by atoms with E-state index in [0.717, 1.165) is 29.7 Å². The third-order valence-corrected chi connectivity index (χ3v) is 7.53. The van der Waals surface area contributed by atoms with Gasteiger partial charge in [0, 0.05) is 17.3 Å². The van der Waals surface area contributed by atoms with Gasteiger partial charge in [-0.3, -0.25) is 4.98 Å². The molecular weight excluding hydrogens is 399 g/mol. The Morgan fingerprint density at radius 3 is 2.67 bits per heavy atom. The SMILES string of the molecule is C[C@]1(NS(C)(=O)=O)C[C@H]2CCCC[C@H]2[C@@H]1/C=C/c1ccc(-c2cccc(F)c2)cn1. The summed E-state index contributed by atoms with van der Waals surface area (Å²) in [6.45, 7) is 2.04. The third kappa shape index (κ3) is 4.65. The van der Waals surface area contributed by atoms with Gasteiger partial charge in [0.05, 0.1) is 11.9 Å². The number of sulfonamides is 1. The molecule has 4 rings (SSSR count). The van der Waals surface area contributed by atoms with E-state index in [1.54, 1.807) is 12.3 Å². The third-order valence-electron chi connectivity index (χ3n) is 6.69. The molecule has 1 aromatic heterocycles. The van der Waals surface area contributed by atoms with Crippen molar-refractivity contribution < 1.29 is 12.8 Å². The van der Waals surface area contributed by atoms with E-state index in [1.165, 1.54) is 37.7 Å². The largest absolute Gasteiger partial charge is 0.256 e. The molecule has 1 heterocycles. The molecular formula is C24H29FN2O2S. The second-order valence-electron chi connectivity index (χ2n) is 9.07. The lowest BCUT2D eigenvalue weighted by Crippen LogP contribution is -2.48. The molecule has 2 aliphatic carbocycles. The Morgan fingerprint density at radius 1 is 1.17 bits per heavy atom. The van der Waals surface area contributed by atoms with Crippen molar-refractivity contribution in [1.29, 1.82) is 0 Å². The first-order valence-electron chi connectivity index (χ1n) is 10.6. The molecule has 2 aromatic rings. The average Bonchev–Trinajstić information content (AvgIpc) is 2.95. The fourth-order valence-electron chi connectivity index (χ4n) is 5.55. The zero-order chi connectivity index (χ0) is 21.4. The molecule has 0 unspecified atom stereocenters. The fourth-order valence-corrected chi connectivity index (χ4v) is 6.62. The number of nitrogens with zero attached hydrogens (tertiary/aromatic N) is 1. The van der Waals surface area contributed by atoms with Gasteiger partial charge in [0.2, 0.25) is 10.0 Å². The Balaban J connectivity index is 1.57. The number of hydrogen-bond acceptors (Lipinski definition) is 3. The maximum atomic E-state index is 13.5. The topological polar surface area (TPSA) is 59.1 Å². The zero-order valence-corrected chi connectivity index (χ0v) is 18.3. The molecule has 30 heavy (non-hydrogen) atoms. The lowest BCUT2D eigenvalue weighted by Gasteiger charge is -2.33. The summed E-state index contributed by atoms with van der Waals surface area (Å²) in [4.78, 5) is 4.52. The minimum absolute atomic E-state index is 0.141. The van der Waals surface area contributed by atoms with E-state index in [-0.39, 0.29) is 11.7 Å². The first kappa shape index (κ1) is 21.2. The molecule has 2 saturated carbocycles. The summed E-state index contributed by atoms with van der Waals surface area (Å²) in [6, 6.07) is 10.3. The molecule has 160 valence electrons. The molecule has 0 aliphatic heterocycles. The van der Waals surface area contributed by atoms with Crippen LogP contribution in [-0.4, -0.2) is 25.2 Å². The highest BCUT2D eigenvalue weighted by atomic mass is 32.2. The number of nitrogens with one attached hydrogen (secondary N) is 1. The van der Waals surface area contributed by atoms with E-state index in [9.17, 15) is 12.8 Å². The summed E-state index contributed by atoms with van der Waals surface area (Å²) in [7, 11) is -3.29. The molecule has 1 aromatic carbocycles. The molecule has 2 aliphatic rings. The maximum Gasteiger partial charge on any atom is 0.209 e. The number of pyridine rings is 1. The van der Waals surface area contributed by atoms with Crippen LogP contribution in [-0.2, 0) is 10.0 Å². The summed E-state index contributed by atoms with van der Waals surface area (Å²) in [6.07, 6.45) is 12.8. The minimum atomic E-state index is -3.29. The van der Waals surface area contributed by atoms with Crippen LogP contribution in [0, 0.1) is 23.6 Å². The van der Waals surface area contributed by atoms with E-state index in [4.69, 9.17) is 0 Å². The molecule has 0 radical (unpaired) electrons. The maximum absolute atomic E-state index is 13.5. The van der Waals surface area contributed by atoms with Gasteiger partial charge in [-0.1, -0.05) is 43.5 Å². The molecule has 4 atom stereocenters. The van der Waals surface area contributed by atoms with Crippen LogP contribution in [0.5, 0.6) is 0 Å². The van der Waals surface area contributed by atoms with Crippen LogP contribution in [0.2, 0.25) is 0 Å². The van der Waals surface area contributed by atoms with Gasteiger partial charge in [-0.25, -0.2) is 17.5 Å². The Hall–Kier alpha value is -2.05. The molecule has 4 nitrogen and oxygen atoms in total. The van der Waals surface area contributed by atoms with Gasteiger partial charge in [-0.15, -0.1) is 0 Å². The van der Waals surface area contributed by atoms with E-state index in [1.807, 2.05) is 31.2 Å². The molecule has 0 spiro atoms. The first-order valence-corrected chi connectivity index (χ1v) is 12.5. The Labute approximate surface area is 178 Å². The van der Waals surface area contributed by atoms with E-state index < -0.39 is 15.6 Å². The number of rotatable bonds is 5. The molecule has 0 saturated heterocycles. The van der Waals surface area contributed by atoms with Gasteiger partial charge in [-0.05, 0) is 67.4 Å². The van der Waals surface area contributed by atoms with Crippen LogP contribution in [0.4, 0.5) is 4.39 Å². The van der Waals surface area contributed by atoms with E-state index in [2.05, 4.69) is 15.8 Å². The van der Waals surface area contributed by atoms with E-state index in [0.29, 0.717) is 11.8 Å². The monoisotopic (exact) mass is 428 g/mol. The molecule has 6 heteroatoms. The fraction of sp³-hybridized carbons (Fsp3) is 0.458. The number of fused-ring (bicyclic) bond motifs is 1.